The van der Waals surface area contributed by atoms with Crippen molar-refractivity contribution in [2.24, 2.45) is 23.7 Å². The third-order valence-corrected chi connectivity index (χ3v) is 3.64. The van der Waals surface area contributed by atoms with Crippen molar-refractivity contribution in [2.75, 3.05) is 7.11 Å². The molecule has 3 rings (SSSR count). The van der Waals surface area contributed by atoms with Crippen molar-refractivity contribution in [3.63, 3.8) is 0 Å². The molecule has 3 aliphatic carbocycles. The van der Waals surface area contributed by atoms with Gasteiger partial charge in [0.1, 0.15) is 0 Å². The zero-order valence-electron chi connectivity index (χ0n) is 8.23. The van der Waals surface area contributed by atoms with E-state index in [1.165, 1.54) is 6.42 Å². The van der Waals surface area contributed by atoms with E-state index in [1.807, 2.05) is 0 Å². The predicted octanol–water partition coefficient (Wildman–Crippen LogP) is -1.18. The first-order valence-corrected chi connectivity index (χ1v) is 4.70. The van der Waals surface area contributed by atoms with Crippen LogP contribution >= 0.6 is 0 Å². The third-order valence-electron chi connectivity index (χ3n) is 3.64. The minimum Gasteiger partial charge on any atom is -0.470 e. The maximum atomic E-state index is 5.40. The summed E-state index contributed by atoms with van der Waals surface area (Å²) in [6.45, 7) is 0. The second-order valence-electron chi connectivity index (χ2n) is 4.09. The first-order valence-electron chi connectivity index (χ1n) is 4.70. The number of fused-ring (bicyclic) bond motifs is 5. The molecule has 0 aromatic heterocycles. The van der Waals surface area contributed by atoms with Crippen LogP contribution < -0.4 is 18.9 Å². The SMILES string of the molecule is CO[C@H]1[C-]=C[C@@H]2[C@H]1[C@@H]1C=C[C@H]2C1.[Li+]. The van der Waals surface area contributed by atoms with Crippen molar-refractivity contribution in [3.05, 3.63) is 24.3 Å². The van der Waals surface area contributed by atoms with Crippen LogP contribution in [-0.4, -0.2) is 13.2 Å². The van der Waals surface area contributed by atoms with Crippen molar-refractivity contribution in [1.29, 1.82) is 0 Å². The molecule has 0 aliphatic heterocycles. The molecule has 64 valence electrons. The number of rotatable bonds is 1. The number of ether oxygens (including phenoxy) is 1. The van der Waals surface area contributed by atoms with Gasteiger partial charge in [-0.1, -0.05) is 18.3 Å². The molecule has 0 heterocycles. The van der Waals surface area contributed by atoms with E-state index in [1.54, 1.807) is 7.11 Å². The van der Waals surface area contributed by atoms with Gasteiger partial charge in [-0.05, 0) is 30.1 Å². The minimum absolute atomic E-state index is 0. The topological polar surface area (TPSA) is 9.23 Å². The van der Waals surface area contributed by atoms with E-state index in [9.17, 15) is 0 Å². The molecule has 2 bridgehead atoms. The Bertz CT molecular complexity index is 259. The molecule has 3 aliphatic rings. The van der Waals surface area contributed by atoms with Gasteiger partial charge in [-0.25, -0.2) is 0 Å². The minimum atomic E-state index is 0. The summed E-state index contributed by atoms with van der Waals surface area (Å²) >= 11 is 0. The van der Waals surface area contributed by atoms with Crippen molar-refractivity contribution >= 4 is 0 Å². The van der Waals surface area contributed by atoms with E-state index in [4.69, 9.17) is 4.74 Å². The van der Waals surface area contributed by atoms with Crippen LogP contribution in [0.15, 0.2) is 18.2 Å². The first-order chi connectivity index (χ1) is 5.90. The molecule has 1 nitrogen and oxygen atoms in total. The average molecular weight is 168 g/mol. The first kappa shape index (κ1) is 9.59. The van der Waals surface area contributed by atoms with Gasteiger partial charge in [0, 0.05) is 7.11 Å². The van der Waals surface area contributed by atoms with Gasteiger partial charge in [-0.3, -0.25) is 6.08 Å². The van der Waals surface area contributed by atoms with E-state index < -0.39 is 0 Å². The molecule has 0 saturated heterocycles. The van der Waals surface area contributed by atoms with Gasteiger partial charge in [0.05, 0.1) is 0 Å². The van der Waals surface area contributed by atoms with E-state index in [-0.39, 0.29) is 25.0 Å². The molecule has 5 atom stereocenters. The Morgan fingerprint density at radius 3 is 2.85 bits per heavy atom. The van der Waals surface area contributed by atoms with Crippen molar-refractivity contribution in [2.45, 2.75) is 12.5 Å². The van der Waals surface area contributed by atoms with Crippen LogP contribution in [-0.2, 0) is 4.74 Å². The summed E-state index contributed by atoms with van der Waals surface area (Å²) in [5.41, 5.74) is 0. The molecule has 13 heavy (non-hydrogen) atoms. The number of hydrogen-bond donors (Lipinski definition) is 0. The summed E-state index contributed by atoms with van der Waals surface area (Å²) in [4.78, 5) is 0. The molecule has 0 unspecified atom stereocenters. The fourth-order valence-electron chi connectivity index (χ4n) is 3.10. The van der Waals surface area contributed by atoms with E-state index in [0.717, 1.165) is 17.8 Å². The van der Waals surface area contributed by atoms with Gasteiger partial charge in [0.2, 0.25) is 0 Å². The fourth-order valence-corrected chi connectivity index (χ4v) is 3.10. The second-order valence-corrected chi connectivity index (χ2v) is 4.09. The summed E-state index contributed by atoms with van der Waals surface area (Å²) in [5, 5.41) is 0. The Morgan fingerprint density at radius 1 is 1.31 bits per heavy atom. The normalized spacial score (nSPS) is 49.5. The maximum Gasteiger partial charge on any atom is 1.00 e. The van der Waals surface area contributed by atoms with Crippen LogP contribution in [0, 0.1) is 29.7 Å². The van der Waals surface area contributed by atoms with Gasteiger partial charge in [0.15, 0.2) is 0 Å². The smallest absolute Gasteiger partial charge is 0.470 e. The second kappa shape index (κ2) is 3.31. The number of hydrogen-bond acceptors (Lipinski definition) is 1. The summed E-state index contributed by atoms with van der Waals surface area (Å²) < 4.78 is 5.40. The molecular formula is C11H13LiO. The summed E-state index contributed by atoms with van der Waals surface area (Å²) in [7, 11) is 1.80. The molecule has 1 fully saturated rings. The Balaban J connectivity index is 0.000000653. The summed E-state index contributed by atoms with van der Waals surface area (Å²) in [6.07, 6.45) is 11.9. The number of methoxy groups -OCH3 is 1. The van der Waals surface area contributed by atoms with Crippen LogP contribution in [0.3, 0.4) is 0 Å². The van der Waals surface area contributed by atoms with Crippen LogP contribution in [0.2, 0.25) is 0 Å². The van der Waals surface area contributed by atoms with Crippen LogP contribution in [0.25, 0.3) is 0 Å². The van der Waals surface area contributed by atoms with Crippen molar-refractivity contribution in [1.82, 2.24) is 0 Å². The van der Waals surface area contributed by atoms with Gasteiger partial charge >= 0.3 is 18.9 Å². The Kier molecular flexibility index (Phi) is 2.44. The number of allylic oxidation sites excluding steroid dienone is 3. The van der Waals surface area contributed by atoms with Crippen molar-refractivity contribution in [3.8, 4) is 0 Å². The molecular weight excluding hydrogens is 155 g/mol. The molecule has 1 saturated carbocycles. The predicted molar refractivity (Wildman–Crippen MR) is 46.3 cm³/mol. The van der Waals surface area contributed by atoms with E-state index in [0.29, 0.717) is 5.92 Å². The van der Waals surface area contributed by atoms with Crippen LogP contribution in [0.1, 0.15) is 6.42 Å². The molecule has 0 spiro atoms. The molecule has 2 heteroatoms. The van der Waals surface area contributed by atoms with Crippen LogP contribution in [0.5, 0.6) is 0 Å². The Hall–Kier alpha value is 0.0374. The zero-order chi connectivity index (χ0) is 8.13. The fraction of sp³-hybridized carbons (Fsp3) is 0.636. The molecule has 0 N–H and O–H groups in total. The largest absolute Gasteiger partial charge is 1.00 e. The Morgan fingerprint density at radius 2 is 2.08 bits per heavy atom. The van der Waals surface area contributed by atoms with Gasteiger partial charge in [0.25, 0.3) is 0 Å². The van der Waals surface area contributed by atoms with Gasteiger partial charge in [-0.2, -0.15) is 0 Å². The quantitative estimate of drug-likeness (QED) is 0.272. The average Bonchev–Trinajstić information content (AvgIpc) is 2.76. The van der Waals surface area contributed by atoms with Crippen molar-refractivity contribution < 1.29 is 23.6 Å². The summed E-state index contributed by atoms with van der Waals surface area (Å²) in [5.74, 6) is 3.03. The third kappa shape index (κ3) is 1.18. The molecule has 0 amide bonds. The standard InChI is InChI=1S/C11H13O.Li/c1-12-10-5-4-9-7-2-3-8(6-7)11(9)10;/h2-4,7-11H,6H2,1H3;/q-1;+1/t7-,8+,9-,10-,11+;/m0./s1. The van der Waals surface area contributed by atoms with Crippen LogP contribution in [0.4, 0.5) is 0 Å². The van der Waals surface area contributed by atoms with E-state index in [2.05, 4.69) is 24.3 Å². The van der Waals surface area contributed by atoms with Gasteiger partial charge < -0.3 is 10.8 Å². The Labute approximate surface area is 91.4 Å². The molecule has 0 aromatic rings. The molecule has 0 radical (unpaired) electrons. The zero-order valence-corrected chi connectivity index (χ0v) is 8.23. The van der Waals surface area contributed by atoms with E-state index >= 15 is 0 Å². The van der Waals surface area contributed by atoms with Gasteiger partial charge in [-0.15, -0.1) is 0 Å². The maximum absolute atomic E-state index is 5.40. The molecule has 0 aromatic carbocycles. The summed E-state index contributed by atoms with van der Waals surface area (Å²) in [6, 6.07) is 0. The monoisotopic (exact) mass is 168 g/mol.